The third kappa shape index (κ3) is 3.84. The summed E-state index contributed by atoms with van der Waals surface area (Å²) in [4.78, 5) is 32.1. The summed E-state index contributed by atoms with van der Waals surface area (Å²) in [6, 6.07) is 1.49. The molecule has 8 heteroatoms. The second-order valence-electron chi connectivity index (χ2n) is 5.59. The Morgan fingerprint density at radius 2 is 2.39 bits per heavy atom. The van der Waals surface area contributed by atoms with Gasteiger partial charge >= 0.3 is 0 Å². The maximum Gasteiger partial charge on any atom is 0.257 e. The van der Waals surface area contributed by atoms with Crippen molar-refractivity contribution in [3.05, 3.63) is 46.4 Å². The number of aromatic nitrogens is 4. The molecule has 0 spiro atoms. The van der Waals surface area contributed by atoms with Gasteiger partial charge in [0, 0.05) is 38.1 Å². The van der Waals surface area contributed by atoms with Crippen molar-refractivity contribution in [2.45, 2.75) is 18.9 Å². The van der Waals surface area contributed by atoms with Crippen LogP contribution in [0, 0.1) is 0 Å². The van der Waals surface area contributed by atoms with Crippen LogP contribution in [-0.2, 0) is 18.2 Å². The molecule has 1 atom stereocenters. The molecule has 0 aromatic carbocycles. The monoisotopic (exact) mass is 317 g/mol. The fraction of sp³-hybridized carbons (Fsp3) is 0.467. The van der Waals surface area contributed by atoms with Gasteiger partial charge in [0.05, 0.1) is 30.8 Å². The number of amides is 1. The van der Waals surface area contributed by atoms with Crippen LogP contribution >= 0.6 is 0 Å². The normalized spacial score (nSPS) is 18.1. The van der Waals surface area contributed by atoms with Gasteiger partial charge in [0.1, 0.15) is 0 Å². The number of ether oxygens (including phenoxy) is 1. The van der Waals surface area contributed by atoms with E-state index in [1.165, 1.54) is 12.4 Å². The summed E-state index contributed by atoms with van der Waals surface area (Å²) < 4.78 is 7.34. The van der Waals surface area contributed by atoms with E-state index < -0.39 is 0 Å². The summed E-state index contributed by atoms with van der Waals surface area (Å²) in [6.45, 7) is 1.63. The summed E-state index contributed by atoms with van der Waals surface area (Å²) >= 11 is 0. The molecule has 1 aliphatic rings. The second-order valence-corrected chi connectivity index (χ2v) is 5.59. The summed E-state index contributed by atoms with van der Waals surface area (Å²) in [5, 5.41) is 4.03. The van der Waals surface area contributed by atoms with Crippen molar-refractivity contribution in [2.24, 2.45) is 7.05 Å². The number of nitrogens with one attached hydrogen (secondary N) is 1. The van der Waals surface area contributed by atoms with Gasteiger partial charge in [-0.05, 0) is 12.8 Å². The molecule has 1 fully saturated rings. The van der Waals surface area contributed by atoms with Crippen molar-refractivity contribution in [2.75, 3.05) is 19.7 Å². The Morgan fingerprint density at radius 3 is 3.13 bits per heavy atom. The Kier molecular flexibility index (Phi) is 4.52. The lowest BCUT2D eigenvalue weighted by atomic mass is 10.1. The quantitative estimate of drug-likeness (QED) is 0.855. The fourth-order valence-electron chi connectivity index (χ4n) is 2.65. The topological polar surface area (TPSA) is 93.1 Å². The van der Waals surface area contributed by atoms with E-state index in [0.717, 1.165) is 5.69 Å². The molecule has 3 rings (SSSR count). The molecule has 1 aliphatic heterocycles. The number of carbonyl (C=O) groups is 1. The maximum atomic E-state index is 12.4. The fourth-order valence-corrected chi connectivity index (χ4v) is 2.65. The van der Waals surface area contributed by atoms with Gasteiger partial charge in [-0.3, -0.25) is 14.3 Å². The highest BCUT2D eigenvalue weighted by molar-refractivity contribution is 5.93. The Labute approximate surface area is 133 Å². The van der Waals surface area contributed by atoms with E-state index in [2.05, 4.69) is 15.1 Å². The molecule has 2 aromatic rings. The average molecular weight is 317 g/mol. The number of aryl methyl sites for hydroxylation is 2. The number of hydrogen-bond donors (Lipinski definition) is 1. The van der Waals surface area contributed by atoms with E-state index in [9.17, 15) is 9.59 Å². The average Bonchev–Trinajstić information content (AvgIpc) is 2.99. The smallest absolute Gasteiger partial charge is 0.257 e. The van der Waals surface area contributed by atoms with Crippen LogP contribution in [0.1, 0.15) is 22.5 Å². The molecular formula is C15H19N5O3. The van der Waals surface area contributed by atoms with Gasteiger partial charge in [0.25, 0.3) is 11.5 Å². The zero-order valence-electron chi connectivity index (χ0n) is 12.9. The number of H-pyrrole nitrogens is 1. The van der Waals surface area contributed by atoms with Crippen LogP contribution in [0.3, 0.4) is 0 Å². The molecule has 1 amide bonds. The molecule has 23 heavy (non-hydrogen) atoms. The zero-order valence-corrected chi connectivity index (χ0v) is 12.9. The van der Waals surface area contributed by atoms with Crippen molar-refractivity contribution < 1.29 is 9.53 Å². The number of rotatable bonds is 4. The largest absolute Gasteiger partial charge is 0.375 e. The molecule has 8 nitrogen and oxygen atoms in total. The van der Waals surface area contributed by atoms with Crippen LogP contribution < -0.4 is 5.56 Å². The van der Waals surface area contributed by atoms with Crippen molar-refractivity contribution >= 4 is 5.91 Å². The molecule has 0 radical (unpaired) electrons. The number of nitrogens with zero attached hydrogens (tertiary/aromatic N) is 4. The highest BCUT2D eigenvalue weighted by atomic mass is 16.5. The van der Waals surface area contributed by atoms with Crippen molar-refractivity contribution in [3.63, 3.8) is 0 Å². The third-order valence-electron chi connectivity index (χ3n) is 3.84. The molecule has 2 aromatic heterocycles. The van der Waals surface area contributed by atoms with Crippen LogP contribution in [0.4, 0.5) is 0 Å². The van der Waals surface area contributed by atoms with Crippen molar-refractivity contribution in [1.82, 2.24) is 24.6 Å². The van der Waals surface area contributed by atoms with E-state index in [4.69, 9.17) is 4.74 Å². The van der Waals surface area contributed by atoms with Crippen LogP contribution in [0.2, 0.25) is 0 Å². The van der Waals surface area contributed by atoms with E-state index >= 15 is 0 Å². The second kappa shape index (κ2) is 6.74. The van der Waals surface area contributed by atoms with Gasteiger partial charge in [-0.15, -0.1) is 0 Å². The predicted octanol–water partition coefficient (Wildman–Crippen LogP) is -0.0228. The first kappa shape index (κ1) is 15.4. The van der Waals surface area contributed by atoms with Gasteiger partial charge in [-0.1, -0.05) is 0 Å². The van der Waals surface area contributed by atoms with Crippen LogP contribution in [-0.4, -0.2) is 56.4 Å². The van der Waals surface area contributed by atoms with Crippen LogP contribution in [0.5, 0.6) is 0 Å². The minimum atomic E-state index is -0.159. The summed E-state index contributed by atoms with van der Waals surface area (Å²) in [5.74, 6) is -0.0271. The van der Waals surface area contributed by atoms with E-state index in [-0.39, 0.29) is 17.6 Å². The van der Waals surface area contributed by atoms with Gasteiger partial charge < -0.3 is 14.6 Å². The van der Waals surface area contributed by atoms with E-state index in [1.807, 2.05) is 0 Å². The third-order valence-corrected chi connectivity index (χ3v) is 3.84. The summed E-state index contributed by atoms with van der Waals surface area (Å²) in [5.41, 5.74) is 1.16. The SMILES string of the molecule is Cn1cc(C(=O)N2CCO[C@H](CCc3cc(=O)[nH]cn3)C2)cn1. The molecule has 3 heterocycles. The first-order chi connectivity index (χ1) is 11.1. The van der Waals surface area contributed by atoms with E-state index in [0.29, 0.717) is 38.1 Å². The molecule has 1 saturated heterocycles. The molecule has 0 saturated carbocycles. The first-order valence-corrected chi connectivity index (χ1v) is 7.55. The zero-order chi connectivity index (χ0) is 16.2. The highest BCUT2D eigenvalue weighted by Crippen LogP contribution is 2.14. The minimum absolute atomic E-state index is 0.0271. The molecular weight excluding hydrogens is 298 g/mol. The molecule has 0 aliphatic carbocycles. The Hall–Kier alpha value is -2.48. The molecule has 122 valence electrons. The van der Waals surface area contributed by atoms with Gasteiger partial charge in [-0.2, -0.15) is 5.10 Å². The standard InChI is InChI=1S/C15H19N5O3/c1-19-8-11(7-18-19)15(22)20-4-5-23-13(9-20)3-2-12-6-14(21)17-10-16-12/h6-8,10,13H,2-5,9H2,1H3,(H,16,17,21)/t13-/m1/s1. The van der Waals surface area contributed by atoms with Gasteiger partial charge in [-0.25, -0.2) is 4.98 Å². The first-order valence-electron chi connectivity index (χ1n) is 7.55. The number of carbonyl (C=O) groups excluding carboxylic acids is 1. The van der Waals surface area contributed by atoms with Gasteiger partial charge in [0.2, 0.25) is 0 Å². The lowest BCUT2D eigenvalue weighted by Gasteiger charge is -2.32. The Bertz CT molecular complexity index is 738. The summed E-state index contributed by atoms with van der Waals surface area (Å²) in [7, 11) is 1.79. The van der Waals surface area contributed by atoms with Crippen LogP contribution in [0.15, 0.2) is 29.6 Å². The maximum absolute atomic E-state index is 12.4. The Morgan fingerprint density at radius 1 is 1.52 bits per heavy atom. The number of morpholine rings is 1. The number of aromatic amines is 1. The lowest BCUT2D eigenvalue weighted by molar-refractivity contribution is -0.0247. The minimum Gasteiger partial charge on any atom is -0.375 e. The highest BCUT2D eigenvalue weighted by Gasteiger charge is 2.25. The van der Waals surface area contributed by atoms with Gasteiger partial charge in [0.15, 0.2) is 0 Å². The molecule has 0 bridgehead atoms. The lowest BCUT2D eigenvalue weighted by Crippen LogP contribution is -2.45. The number of hydrogen-bond acceptors (Lipinski definition) is 5. The summed E-state index contributed by atoms with van der Waals surface area (Å²) in [6.07, 6.45) is 6.00. The van der Waals surface area contributed by atoms with Crippen LogP contribution in [0.25, 0.3) is 0 Å². The molecule has 0 unspecified atom stereocenters. The van der Waals surface area contributed by atoms with Crippen molar-refractivity contribution in [1.29, 1.82) is 0 Å². The predicted molar refractivity (Wildman–Crippen MR) is 82.0 cm³/mol. The van der Waals surface area contributed by atoms with E-state index in [1.54, 1.807) is 29.0 Å². The van der Waals surface area contributed by atoms with Crippen molar-refractivity contribution in [3.8, 4) is 0 Å². The Balaban J connectivity index is 1.57. The molecule has 1 N–H and O–H groups in total.